The largest absolute Gasteiger partial charge is 0.416 e. The Labute approximate surface area is 244 Å². The molecule has 0 aliphatic rings. The van der Waals surface area contributed by atoms with E-state index in [1.807, 2.05) is 0 Å². The smallest absolute Gasteiger partial charge is 0.394 e. The predicted octanol–water partition coefficient (Wildman–Crippen LogP) is 3.05. The van der Waals surface area contributed by atoms with Gasteiger partial charge in [-0.25, -0.2) is 9.48 Å². The average Bonchev–Trinajstić information content (AvgIpc) is 3.20. The van der Waals surface area contributed by atoms with E-state index in [4.69, 9.17) is 11.6 Å². The highest BCUT2D eigenvalue weighted by Crippen LogP contribution is 2.31. The maximum Gasteiger partial charge on any atom is 0.416 e. The van der Waals surface area contributed by atoms with Crippen molar-refractivity contribution < 1.29 is 46.1 Å². The lowest BCUT2D eigenvalue weighted by molar-refractivity contribution is -0.207. The number of aliphatic hydroxyl groups excluding tert-OH is 2. The van der Waals surface area contributed by atoms with Crippen molar-refractivity contribution in [3.8, 4) is 11.4 Å². The average molecular weight is 638 g/mol. The van der Waals surface area contributed by atoms with E-state index in [9.17, 15) is 50.9 Å². The molecule has 0 aliphatic heterocycles. The standard InChI is InChI=1S/C26H26ClF6N5O5/c1-24(2,13-39)35-22(42)20(15-4-3-5-16(10-15)25(28,29)30)34-19(41)12-38-23(43)37(11-18(40)26(31,32)33)21(36-38)14-6-8-17(27)9-7-14/h3-10,18,20,39-40H,11-13H2,1-2H3,(H,34,41)(H,35,42)/t18-,20?/m0/s1. The van der Waals surface area contributed by atoms with Crippen molar-refractivity contribution >= 4 is 23.4 Å². The number of carbonyl (C=O) groups excluding carboxylic acids is 2. The first-order chi connectivity index (χ1) is 19.8. The molecule has 1 aromatic heterocycles. The van der Waals surface area contributed by atoms with Gasteiger partial charge < -0.3 is 20.8 Å². The summed E-state index contributed by atoms with van der Waals surface area (Å²) in [6.45, 7) is 0.0196. The summed E-state index contributed by atoms with van der Waals surface area (Å²) in [5.41, 5.74) is -3.77. The molecule has 10 nitrogen and oxygen atoms in total. The van der Waals surface area contributed by atoms with Crippen LogP contribution in [-0.4, -0.2) is 60.8 Å². The Balaban J connectivity index is 1.99. The molecule has 0 aliphatic carbocycles. The van der Waals surface area contributed by atoms with E-state index in [0.717, 1.165) is 18.2 Å². The van der Waals surface area contributed by atoms with E-state index in [2.05, 4.69) is 15.7 Å². The fraction of sp³-hybridized carbons (Fsp3) is 0.385. The van der Waals surface area contributed by atoms with Crippen LogP contribution < -0.4 is 16.3 Å². The predicted molar refractivity (Wildman–Crippen MR) is 141 cm³/mol. The minimum atomic E-state index is -5.09. The van der Waals surface area contributed by atoms with Gasteiger partial charge in [0.05, 0.1) is 24.3 Å². The van der Waals surface area contributed by atoms with Gasteiger partial charge in [0.25, 0.3) is 0 Å². The minimum Gasteiger partial charge on any atom is -0.394 e. The van der Waals surface area contributed by atoms with Crippen LogP contribution in [0, 0.1) is 0 Å². The SMILES string of the molecule is CC(C)(CO)NC(=O)C(NC(=O)Cn1nc(-c2ccc(Cl)cc2)n(C[C@H](O)C(F)(F)F)c1=O)c1cccc(C(F)(F)F)c1. The van der Waals surface area contributed by atoms with Crippen LogP contribution in [0.4, 0.5) is 26.3 Å². The molecule has 1 unspecified atom stereocenters. The van der Waals surface area contributed by atoms with E-state index in [0.29, 0.717) is 15.3 Å². The van der Waals surface area contributed by atoms with Crippen LogP contribution in [-0.2, 0) is 28.9 Å². The summed E-state index contributed by atoms with van der Waals surface area (Å²) < 4.78 is 80.3. The summed E-state index contributed by atoms with van der Waals surface area (Å²) in [4.78, 5) is 39.1. The quantitative estimate of drug-likeness (QED) is 0.252. The Hall–Kier alpha value is -3.89. The number of halogens is 7. The van der Waals surface area contributed by atoms with Gasteiger partial charge in [0.2, 0.25) is 11.8 Å². The highest BCUT2D eigenvalue weighted by atomic mass is 35.5. The highest BCUT2D eigenvalue weighted by Gasteiger charge is 2.39. The number of rotatable bonds is 10. The molecule has 0 spiro atoms. The van der Waals surface area contributed by atoms with E-state index < -0.39 is 72.8 Å². The van der Waals surface area contributed by atoms with Crippen LogP contribution in [0.5, 0.6) is 0 Å². The number of hydrogen-bond acceptors (Lipinski definition) is 6. The first kappa shape index (κ1) is 33.6. The Morgan fingerprint density at radius 3 is 2.23 bits per heavy atom. The van der Waals surface area contributed by atoms with Crippen LogP contribution in [0.2, 0.25) is 5.02 Å². The molecule has 43 heavy (non-hydrogen) atoms. The van der Waals surface area contributed by atoms with Crippen molar-refractivity contribution in [1.29, 1.82) is 0 Å². The Bertz CT molecular complexity index is 1520. The van der Waals surface area contributed by atoms with Crippen molar-refractivity contribution in [1.82, 2.24) is 25.0 Å². The number of nitrogens with one attached hydrogen (secondary N) is 2. The van der Waals surface area contributed by atoms with E-state index in [-0.39, 0.29) is 22.0 Å². The second-order valence-electron chi connectivity index (χ2n) is 10.1. The summed E-state index contributed by atoms with van der Waals surface area (Å²) in [6.07, 6.45) is -12.8. The van der Waals surface area contributed by atoms with Gasteiger partial charge in [-0.3, -0.25) is 14.2 Å². The Kier molecular flexibility index (Phi) is 9.98. The number of carbonyl (C=O) groups is 2. The number of aromatic nitrogens is 3. The highest BCUT2D eigenvalue weighted by molar-refractivity contribution is 6.30. The lowest BCUT2D eigenvalue weighted by Crippen LogP contribution is -2.51. The summed E-state index contributed by atoms with van der Waals surface area (Å²) in [7, 11) is 0. The van der Waals surface area contributed by atoms with Crippen molar-refractivity contribution in [2.75, 3.05) is 6.61 Å². The molecule has 0 fully saturated rings. The van der Waals surface area contributed by atoms with Crippen LogP contribution in [0.25, 0.3) is 11.4 Å². The molecule has 3 rings (SSSR count). The van der Waals surface area contributed by atoms with E-state index >= 15 is 0 Å². The van der Waals surface area contributed by atoms with Crippen molar-refractivity contribution in [2.24, 2.45) is 0 Å². The lowest BCUT2D eigenvalue weighted by atomic mass is 10.0. The van der Waals surface area contributed by atoms with Crippen LogP contribution >= 0.6 is 11.6 Å². The van der Waals surface area contributed by atoms with Crippen LogP contribution in [0.3, 0.4) is 0 Å². The number of aliphatic hydroxyl groups is 2. The molecule has 17 heteroatoms. The fourth-order valence-electron chi connectivity index (χ4n) is 3.78. The van der Waals surface area contributed by atoms with Crippen molar-refractivity contribution in [3.63, 3.8) is 0 Å². The molecule has 0 bridgehead atoms. The second kappa shape index (κ2) is 12.8. The van der Waals surface area contributed by atoms with Crippen molar-refractivity contribution in [3.05, 3.63) is 75.2 Å². The zero-order chi connectivity index (χ0) is 32.3. The third kappa shape index (κ3) is 8.58. The molecule has 2 atom stereocenters. The van der Waals surface area contributed by atoms with Crippen LogP contribution in [0.15, 0.2) is 53.3 Å². The number of benzene rings is 2. The molecule has 2 amide bonds. The topological polar surface area (TPSA) is 138 Å². The van der Waals surface area contributed by atoms with Gasteiger partial charge >= 0.3 is 18.0 Å². The molecule has 2 aromatic carbocycles. The maximum atomic E-state index is 13.4. The first-order valence-electron chi connectivity index (χ1n) is 12.4. The van der Waals surface area contributed by atoms with Crippen molar-refractivity contribution in [2.45, 2.75) is 57.0 Å². The Morgan fingerprint density at radius 1 is 1.05 bits per heavy atom. The zero-order valence-electron chi connectivity index (χ0n) is 22.5. The van der Waals surface area contributed by atoms with Gasteiger partial charge in [-0.2, -0.15) is 26.3 Å². The second-order valence-corrected chi connectivity index (χ2v) is 10.5. The molecular formula is C26H26ClF6N5O5. The molecule has 0 saturated heterocycles. The molecule has 0 radical (unpaired) electrons. The molecule has 1 heterocycles. The van der Waals surface area contributed by atoms with E-state index in [1.54, 1.807) is 0 Å². The zero-order valence-corrected chi connectivity index (χ0v) is 23.3. The fourth-order valence-corrected chi connectivity index (χ4v) is 3.91. The number of hydrogen-bond donors (Lipinski definition) is 4. The van der Waals surface area contributed by atoms with Gasteiger partial charge in [0, 0.05) is 10.6 Å². The third-order valence-corrected chi connectivity index (χ3v) is 6.28. The monoisotopic (exact) mass is 637 g/mol. The molecule has 0 saturated carbocycles. The summed E-state index contributed by atoms with van der Waals surface area (Å²) in [5.74, 6) is -2.47. The van der Waals surface area contributed by atoms with E-state index in [1.165, 1.54) is 38.1 Å². The summed E-state index contributed by atoms with van der Waals surface area (Å²) in [6, 6.07) is 7.19. The van der Waals surface area contributed by atoms with Gasteiger partial charge in [-0.1, -0.05) is 23.7 Å². The van der Waals surface area contributed by atoms with Gasteiger partial charge in [-0.15, -0.1) is 5.10 Å². The molecule has 3 aromatic rings. The number of alkyl halides is 6. The molecular weight excluding hydrogens is 612 g/mol. The summed E-state index contributed by atoms with van der Waals surface area (Å²) in [5, 5.41) is 27.9. The lowest BCUT2D eigenvalue weighted by Gasteiger charge is -2.27. The first-order valence-corrected chi connectivity index (χ1v) is 12.8. The van der Waals surface area contributed by atoms with Gasteiger partial charge in [0.1, 0.15) is 12.6 Å². The third-order valence-electron chi connectivity index (χ3n) is 6.02. The van der Waals surface area contributed by atoms with Gasteiger partial charge in [0.15, 0.2) is 11.9 Å². The van der Waals surface area contributed by atoms with Gasteiger partial charge in [-0.05, 0) is 55.8 Å². The number of nitrogens with zero attached hydrogens (tertiary/aromatic N) is 3. The molecule has 234 valence electrons. The van der Waals surface area contributed by atoms with Crippen LogP contribution in [0.1, 0.15) is 31.0 Å². The Morgan fingerprint density at radius 2 is 1.67 bits per heavy atom. The summed E-state index contributed by atoms with van der Waals surface area (Å²) >= 11 is 5.85. The normalized spacial score (nSPS) is 13.8. The minimum absolute atomic E-state index is 0.113. The maximum absolute atomic E-state index is 13.4. The number of amides is 2. The molecule has 4 N–H and O–H groups in total.